The average Bonchev–Trinajstić information content (AvgIpc) is 2.30. The molecule has 0 fully saturated rings. The molecular weight excluding hydrogens is 198 g/mol. The first-order valence-corrected chi connectivity index (χ1v) is 5.26. The summed E-state index contributed by atoms with van der Waals surface area (Å²) in [6.07, 6.45) is 0. The molecule has 0 aliphatic heterocycles. The van der Waals surface area contributed by atoms with Gasteiger partial charge in [0.1, 0.15) is 5.75 Å². The zero-order chi connectivity index (χ0) is 11.4. The van der Waals surface area contributed by atoms with E-state index < -0.39 is 0 Å². The van der Waals surface area contributed by atoms with E-state index in [1.807, 2.05) is 30.3 Å². The van der Waals surface area contributed by atoms with Gasteiger partial charge in [0.05, 0.1) is 7.11 Å². The summed E-state index contributed by atoms with van der Waals surface area (Å²) in [5.41, 5.74) is 3.41. The zero-order valence-corrected chi connectivity index (χ0v) is 9.53. The SMILES string of the molecule is COc1ccc(Nc2cccc(C)c2)cc1. The van der Waals surface area contributed by atoms with E-state index in [4.69, 9.17) is 4.74 Å². The molecule has 0 aliphatic rings. The molecule has 0 atom stereocenters. The van der Waals surface area contributed by atoms with Crippen LogP contribution < -0.4 is 10.1 Å². The Labute approximate surface area is 95.9 Å². The zero-order valence-electron chi connectivity index (χ0n) is 9.53. The molecule has 2 heteroatoms. The fourth-order valence-corrected chi connectivity index (χ4v) is 1.56. The van der Waals surface area contributed by atoms with Crippen molar-refractivity contribution in [1.29, 1.82) is 0 Å². The number of ether oxygens (including phenoxy) is 1. The lowest BCUT2D eigenvalue weighted by Crippen LogP contribution is -1.90. The Bertz CT molecular complexity index is 462. The van der Waals surface area contributed by atoms with Crippen LogP contribution >= 0.6 is 0 Å². The van der Waals surface area contributed by atoms with Crippen molar-refractivity contribution in [3.05, 3.63) is 54.1 Å². The highest BCUT2D eigenvalue weighted by Gasteiger charge is 1.95. The molecule has 82 valence electrons. The second kappa shape index (κ2) is 4.71. The minimum atomic E-state index is 0.870. The molecule has 0 heterocycles. The van der Waals surface area contributed by atoms with Gasteiger partial charge in [-0.05, 0) is 48.9 Å². The van der Waals surface area contributed by atoms with Crippen LogP contribution in [0, 0.1) is 6.92 Å². The fraction of sp³-hybridized carbons (Fsp3) is 0.143. The quantitative estimate of drug-likeness (QED) is 0.838. The molecule has 2 rings (SSSR count). The predicted octanol–water partition coefficient (Wildman–Crippen LogP) is 3.75. The van der Waals surface area contributed by atoms with Gasteiger partial charge >= 0.3 is 0 Å². The van der Waals surface area contributed by atoms with E-state index in [0.29, 0.717) is 0 Å². The lowest BCUT2D eigenvalue weighted by molar-refractivity contribution is 0.415. The molecule has 0 aromatic heterocycles. The van der Waals surface area contributed by atoms with Gasteiger partial charge in [-0.3, -0.25) is 0 Å². The van der Waals surface area contributed by atoms with Gasteiger partial charge in [-0.1, -0.05) is 12.1 Å². The van der Waals surface area contributed by atoms with Crippen molar-refractivity contribution in [1.82, 2.24) is 0 Å². The first kappa shape index (κ1) is 10.6. The predicted molar refractivity (Wildman–Crippen MR) is 67.5 cm³/mol. The number of methoxy groups -OCH3 is 1. The summed E-state index contributed by atoms with van der Waals surface area (Å²) in [7, 11) is 1.67. The molecule has 0 unspecified atom stereocenters. The second-order valence-corrected chi connectivity index (χ2v) is 3.72. The summed E-state index contributed by atoms with van der Waals surface area (Å²) >= 11 is 0. The summed E-state index contributed by atoms with van der Waals surface area (Å²) in [5.74, 6) is 0.870. The number of hydrogen-bond acceptors (Lipinski definition) is 2. The molecule has 2 aromatic carbocycles. The molecule has 2 aromatic rings. The fourth-order valence-electron chi connectivity index (χ4n) is 1.56. The first-order valence-electron chi connectivity index (χ1n) is 5.26. The van der Waals surface area contributed by atoms with Gasteiger partial charge in [0.15, 0.2) is 0 Å². The standard InChI is InChI=1S/C14H15NO/c1-11-4-3-5-13(10-11)15-12-6-8-14(16-2)9-7-12/h3-10,15H,1-2H3. The van der Waals surface area contributed by atoms with Crippen LogP contribution in [0.5, 0.6) is 5.75 Å². The monoisotopic (exact) mass is 213 g/mol. The van der Waals surface area contributed by atoms with Crippen LogP contribution in [0.25, 0.3) is 0 Å². The Hall–Kier alpha value is -1.96. The summed E-state index contributed by atoms with van der Waals surface area (Å²) in [5, 5.41) is 3.34. The molecule has 0 saturated carbocycles. The molecule has 0 amide bonds. The lowest BCUT2D eigenvalue weighted by Gasteiger charge is -2.07. The highest BCUT2D eigenvalue weighted by Crippen LogP contribution is 2.20. The molecule has 0 radical (unpaired) electrons. The third kappa shape index (κ3) is 2.54. The van der Waals surface area contributed by atoms with Crippen LogP contribution in [0.4, 0.5) is 11.4 Å². The maximum Gasteiger partial charge on any atom is 0.119 e. The summed E-state index contributed by atoms with van der Waals surface area (Å²) < 4.78 is 5.11. The van der Waals surface area contributed by atoms with E-state index in [1.54, 1.807) is 7.11 Å². The van der Waals surface area contributed by atoms with Gasteiger partial charge in [-0.25, -0.2) is 0 Å². The van der Waals surface area contributed by atoms with Gasteiger partial charge in [0.2, 0.25) is 0 Å². The molecule has 1 N–H and O–H groups in total. The van der Waals surface area contributed by atoms with E-state index in [0.717, 1.165) is 17.1 Å². The third-order valence-corrected chi connectivity index (χ3v) is 2.40. The Morgan fingerprint density at radius 1 is 0.938 bits per heavy atom. The molecular formula is C14H15NO. The van der Waals surface area contributed by atoms with Crippen LogP contribution in [0.1, 0.15) is 5.56 Å². The van der Waals surface area contributed by atoms with E-state index in [2.05, 4.69) is 30.4 Å². The number of hydrogen-bond donors (Lipinski definition) is 1. The Kier molecular flexibility index (Phi) is 3.10. The number of anilines is 2. The summed E-state index contributed by atoms with van der Waals surface area (Å²) in [4.78, 5) is 0. The Morgan fingerprint density at radius 3 is 2.31 bits per heavy atom. The minimum Gasteiger partial charge on any atom is -0.497 e. The topological polar surface area (TPSA) is 21.3 Å². The highest BCUT2D eigenvalue weighted by atomic mass is 16.5. The molecule has 0 aliphatic carbocycles. The van der Waals surface area contributed by atoms with Crippen LogP contribution in [0.2, 0.25) is 0 Å². The first-order chi connectivity index (χ1) is 7.78. The average molecular weight is 213 g/mol. The maximum atomic E-state index is 5.11. The minimum absolute atomic E-state index is 0.870. The van der Waals surface area contributed by atoms with Gasteiger partial charge in [0, 0.05) is 11.4 Å². The normalized spacial score (nSPS) is 9.88. The lowest BCUT2D eigenvalue weighted by atomic mass is 10.2. The Morgan fingerprint density at radius 2 is 1.69 bits per heavy atom. The molecule has 16 heavy (non-hydrogen) atoms. The van der Waals surface area contributed by atoms with Crippen molar-refractivity contribution >= 4 is 11.4 Å². The number of benzene rings is 2. The molecule has 2 nitrogen and oxygen atoms in total. The van der Waals surface area contributed by atoms with Crippen LogP contribution in [0.3, 0.4) is 0 Å². The van der Waals surface area contributed by atoms with Crippen molar-refractivity contribution in [2.45, 2.75) is 6.92 Å². The van der Waals surface area contributed by atoms with Crippen LogP contribution in [-0.4, -0.2) is 7.11 Å². The second-order valence-electron chi connectivity index (χ2n) is 3.72. The van der Waals surface area contributed by atoms with Crippen molar-refractivity contribution in [3.8, 4) is 5.75 Å². The van der Waals surface area contributed by atoms with Gasteiger partial charge in [0.25, 0.3) is 0 Å². The van der Waals surface area contributed by atoms with Gasteiger partial charge in [-0.15, -0.1) is 0 Å². The van der Waals surface area contributed by atoms with Gasteiger partial charge < -0.3 is 10.1 Å². The largest absolute Gasteiger partial charge is 0.497 e. The molecule has 0 bridgehead atoms. The summed E-state index contributed by atoms with van der Waals surface area (Å²) in [6, 6.07) is 16.2. The highest BCUT2D eigenvalue weighted by molar-refractivity contribution is 5.60. The van der Waals surface area contributed by atoms with Crippen molar-refractivity contribution in [2.75, 3.05) is 12.4 Å². The molecule has 0 spiro atoms. The van der Waals surface area contributed by atoms with E-state index in [9.17, 15) is 0 Å². The van der Waals surface area contributed by atoms with E-state index in [-0.39, 0.29) is 0 Å². The van der Waals surface area contributed by atoms with Crippen molar-refractivity contribution in [3.63, 3.8) is 0 Å². The van der Waals surface area contributed by atoms with Crippen molar-refractivity contribution in [2.24, 2.45) is 0 Å². The number of aryl methyl sites for hydroxylation is 1. The maximum absolute atomic E-state index is 5.11. The smallest absolute Gasteiger partial charge is 0.119 e. The van der Waals surface area contributed by atoms with Crippen molar-refractivity contribution < 1.29 is 4.74 Å². The summed E-state index contributed by atoms with van der Waals surface area (Å²) in [6.45, 7) is 2.08. The number of nitrogens with one attached hydrogen (secondary N) is 1. The molecule has 0 saturated heterocycles. The van der Waals surface area contributed by atoms with Crippen LogP contribution in [-0.2, 0) is 0 Å². The third-order valence-electron chi connectivity index (χ3n) is 2.40. The Balaban J connectivity index is 2.14. The van der Waals surface area contributed by atoms with E-state index >= 15 is 0 Å². The van der Waals surface area contributed by atoms with Crippen LogP contribution in [0.15, 0.2) is 48.5 Å². The number of rotatable bonds is 3. The van der Waals surface area contributed by atoms with E-state index in [1.165, 1.54) is 5.56 Å². The van der Waals surface area contributed by atoms with Gasteiger partial charge in [-0.2, -0.15) is 0 Å².